The summed E-state index contributed by atoms with van der Waals surface area (Å²) in [5.41, 5.74) is 0. The summed E-state index contributed by atoms with van der Waals surface area (Å²) in [6.07, 6.45) is 0. The van der Waals surface area contributed by atoms with Gasteiger partial charge in [0.05, 0.1) is 0 Å². The summed E-state index contributed by atoms with van der Waals surface area (Å²) in [5, 5.41) is 3.19. The Morgan fingerprint density at radius 2 is 1.00 bits per heavy atom. The monoisotopic (exact) mass is 436 g/mol. The van der Waals surface area contributed by atoms with Crippen LogP contribution in [0.25, 0.3) is 24.4 Å². The van der Waals surface area contributed by atoms with Gasteiger partial charge in [-0.1, -0.05) is 0 Å². The molecule has 0 nitrogen and oxygen atoms in total. The average Bonchev–Trinajstić information content (AvgIpc) is 2.85. The van der Waals surface area contributed by atoms with E-state index in [9.17, 15) is 0 Å². The van der Waals surface area contributed by atoms with Crippen LogP contribution in [0.1, 0.15) is 0 Å². The fraction of sp³-hybridized carbons (Fsp3) is 0. The Kier molecular flexibility index (Phi) is 2.21. The summed E-state index contributed by atoms with van der Waals surface area (Å²) in [4.78, 5) is 0. The van der Waals surface area contributed by atoms with Gasteiger partial charge in [0, 0.05) is 0 Å². The van der Waals surface area contributed by atoms with Crippen molar-refractivity contribution in [2.24, 2.45) is 0 Å². The van der Waals surface area contributed by atoms with Crippen LogP contribution >= 0.6 is 0 Å². The van der Waals surface area contributed by atoms with E-state index in [-0.39, 0.29) is 40.9 Å². The van der Waals surface area contributed by atoms with Gasteiger partial charge in [0.25, 0.3) is 0 Å². The third-order valence-corrected chi connectivity index (χ3v) is 11.0. The molecule has 0 bridgehead atoms. The zero-order chi connectivity index (χ0) is 10.5. The second kappa shape index (κ2) is 3.63. The van der Waals surface area contributed by atoms with Gasteiger partial charge < -0.3 is 0 Å². The zero-order valence-corrected chi connectivity index (χ0v) is 13.1. The second-order valence-corrected chi connectivity index (χ2v) is 9.86. The van der Waals surface area contributed by atoms with Crippen molar-refractivity contribution in [1.82, 2.24) is 0 Å². The fourth-order valence-corrected chi connectivity index (χ4v) is 11.5. The van der Waals surface area contributed by atoms with Crippen LogP contribution in [0.2, 0.25) is 0 Å². The Morgan fingerprint density at radius 1 is 0.562 bits per heavy atom. The van der Waals surface area contributed by atoms with E-state index in [1.807, 2.05) is 0 Å². The van der Waals surface area contributed by atoms with Gasteiger partial charge in [0.1, 0.15) is 0 Å². The Labute approximate surface area is 113 Å². The van der Waals surface area contributed by atoms with Crippen LogP contribution in [-0.4, -0.2) is 40.9 Å². The average molecular weight is 431 g/mol. The quantitative estimate of drug-likeness (QED) is 0.375. The molecule has 2 heterocycles. The van der Waals surface area contributed by atoms with Gasteiger partial charge in [0.15, 0.2) is 0 Å². The molecule has 0 radical (unpaired) electrons. The van der Waals surface area contributed by atoms with Gasteiger partial charge in [-0.05, 0) is 0 Å². The SMILES string of the molecule is c1ccc2c(c1)[te]c1c3ccccc3[te]c21. The summed E-state index contributed by atoms with van der Waals surface area (Å²) in [6, 6.07) is 18.1. The van der Waals surface area contributed by atoms with Gasteiger partial charge >= 0.3 is 114 Å². The number of hydrogen-bond donors (Lipinski definition) is 0. The molecule has 0 aliphatic rings. The molecule has 2 aromatic carbocycles. The number of hydrogen-bond acceptors (Lipinski definition) is 0. The van der Waals surface area contributed by atoms with E-state index in [4.69, 9.17) is 0 Å². The summed E-state index contributed by atoms with van der Waals surface area (Å²) >= 11 is -0.181. The predicted octanol–water partition coefficient (Wildman–Crippen LogP) is 3.26. The molecule has 2 aromatic heterocycles. The number of rotatable bonds is 0. The van der Waals surface area contributed by atoms with Crippen molar-refractivity contribution in [3.63, 3.8) is 0 Å². The molecular formula is C14H8Te2. The van der Waals surface area contributed by atoms with Gasteiger partial charge in [0.2, 0.25) is 0 Å². The molecular weight excluding hydrogens is 423 g/mol. The number of fused-ring (bicyclic) bond motifs is 5. The van der Waals surface area contributed by atoms with Crippen molar-refractivity contribution in [3.05, 3.63) is 48.5 Å². The maximum atomic E-state index is 2.34. The molecule has 16 heavy (non-hydrogen) atoms. The minimum absolute atomic E-state index is 0.0905. The van der Waals surface area contributed by atoms with Crippen molar-refractivity contribution in [2.75, 3.05) is 0 Å². The standard InChI is InChI=1S/C14H8Te2/c1-3-7-11-9(5-1)13-14(15-11)10-6-2-4-8-12(10)16-13/h1-8H. The minimum atomic E-state index is -0.0905. The molecule has 0 saturated heterocycles. The van der Waals surface area contributed by atoms with Crippen LogP contribution in [0, 0.1) is 0 Å². The molecule has 0 aliphatic heterocycles. The van der Waals surface area contributed by atoms with Crippen molar-refractivity contribution in [2.45, 2.75) is 0 Å². The van der Waals surface area contributed by atoms with Gasteiger partial charge in [-0.3, -0.25) is 0 Å². The van der Waals surface area contributed by atoms with E-state index in [1.165, 1.54) is 0 Å². The first-order valence-corrected chi connectivity index (χ1v) is 9.88. The fourth-order valence-electron chi connectivity index (χ4n) is 2.15. The van der Waals surface area contributed by atoms with Crippen molar-refractivity contribution in [3.8, 4) is 0 Å². The van der Waals surface area contributed by atoms with Crippen LogP contribution in [0.4, 0.5) is 0 Å². The molecule has 4 aromatic rings. The summed E-state index contributed by atoms with van der Waals surface area (Å²) in [6.45, 7) is 0. The molecule has 4 rings (SSSR count). The molecule has 0 aliphatic carbocycles. The topological polar surface area (TPSA) is 0 Å². The van der Waals surface area contributed by atoms with E-state index in [0.717, 1.165) is 0 Å². The van der Waals surface area contributed by atoms with E-state index in [1.54, 1.807) is 24.4 Å². The van der Waals surface area contributed by atoms with Gasteiger partial charge in [-0.2, -0.15) is 0 Å². The Morgan fingerprint density at radius 3 is 1.50 bits per heavy atom. The van der Waals surface area contributed by atoms with E-state index in [0.29, 0.717) is 0 Å². The first kappa shape index (κ1) is 9.76. The Hall–Kier alpha value is -0.241. The summed E-state index contributed by atoms with van der Waals surface area (Å²) < 4.78 is 6.84. The third kappa shape index (κ3) is 1.28. The second-order valence-electron chi connectivity index (χ2n) is 3.85. The van der Waals surface area contributed by atoms with Gasteiger partial charge in [-0.15, -0.1) is 0 Å². The molecule has 0 unspecified atom stereocenters. The van der Waals surface area contributed by atoms with E-state index in [2.05, 4.69) is 48.5 Å². The van der Waals surface area contributed by atoms with Crippen molar-refractivity contribution < 1.29 is 0 Å². The Balaban J connectivity index is 2.35. The zero-order valence-electron chi connectivity index (χ0n) is 8.44. The number of benzene rings is 2. The van der Waals surface area contributed by atoms with E-state index >= 15 is 0 Å². The summed E-state index contributed by atoms with van der Waals surface area (Å²) in [7, 11) is 0. The molecule has 0 amide bonds. The maximum absolute atomic E-state index is 2.34. The van der Waals surface area contributed by atoms with Crippen LogP contribution < -0.4 is 0 Å². The summed E-state index contributed by atoms with van der Waals surface area (Å²) in [5.74, 6) is 0. The predicted molar refractivity (Wildman–Crippen MR) is 72.8 cm³/mol. The van der Waals surface area contributed by atoms with Crippen LogP contribution in [0.3, 0.4) is 0 Å². The molecule has 0 atom stereocenters. The van der Waals surface area contributed by atoms with Gasteiger partial charge in [-0.25, -0.2) is 0 Å². The van der Waals surface area contributed by atoms with Crippen molar-refractivity contribution >= 4 is 65.2 Å². The third-order valence-electron chi connectivity index (χ3n) is 2.89. The Bertz CT molecular complexity index is 735. The van der Waals surface area contributed by atoms with E-state index < -0.39 is 0 Å². The molecule has 0 spiro atoms. The van der Waals surface area contributed by atoms with Crippen LogP contribution in [-0.2, 0) is 0 Å². The first-order chi connectivity index (χ1) is 7.93. The first-order valence-electron chi connectivity index (χ1n) is 5.22. The molecule has 76 valence electrons. The normalized spacial score (nSPS) is 11.8. The molecule has 0 saturated carbocycles. The van der Waals surface area contributed by atoms with Crippen LogP contribution in [0.15, 0.2) is 48.5 Å². The van der Waals surface area contributed by atoms with Crippen LogP contribution in [0.5, 0.6) is 0 Å². The van der Waals surface area contributed by atoms with Crippen molar-refractivity contribution in [1.29, 1.82) is 0 Å². The molecule has 2 heteroatoms. The molecule has 0 N–H and O–H groups in total. The molecule has 0 fully saturated rings.